The number of allylic oxidation sites excluding steroid dienone is 1. The lowest BCUT2D eigenvalue weighted by atomic mass is 10.0. The van der Waals surface area contributed by atoms with Crippen molar-refractivity contribution in [2.24, 2.45) is 0 Å². The summed E-state index contributed by atoms with van der Waals surface area (Å²) in [7, 11) is 1.66. The standard InChI is InChI=1S/C35H32O4S/c1-4-38-35(36)25-39-34-21-20-33(24-26(34)2)40-23-22-31(13-10-27-11-18-32(37-3)19-12-27)30-16-14-29(15-17-30)28-8-6-5-7-9-28/h5-9,11-12,14-22,24H,4,23,25H2,1-3H3. The minimum atomic E-state index is -0.370. The number of esters is 1. The van der Waals surface area contributed by atoms with Gasteiger partial charge in [0.05, 0.1) is 13.7 Å². The van der Waals surface area contributed by atoms with Crippen molar-refractivity contribution in [2.45, 2.75) is 18.7 Å². The maximum atomic E-state index is 11.6. The molecular weight excluding hydrogens is 516 g/mol. The molecule has 4 rings (SSSR count). The van der Waals surface area contributed by atoms with Crippen molar-refractivity contribution in [3.8, 4) is 34.5 Å². The highest BCUT2D eigenvalue weighted by atomic mass is 32.2. The van der Waals surface area contributed by atoms with E-state index in [2.05, 4.69) is 60.4 Å². The van der Waals surface area contributed by atoms with Gasteiger partial charge in [0.15, 0.2) is 6.61 Å². The van der Waals surface area contributed by atoms with Crippen LogP contribution in [-0.4, -0.2) is 32.0 Å². The maximum Gasteiger partial charge on any atom is 0.344 e. The summed E-state index contributed by atoms with van der Waals surface area (Å²) in [6.07, 6.45) is 2.17. The Labute approximate surface area is 241 Å². The molecule has 4 aromatic carbocycles. The van der Waals surface area contributed by atoms with Gasteiger partial charge < -0.3 is 14.2 Å². The highest BCUT2D eigenvalue weighted by molar-refractivity contribution is 7.99. The molecule has 0 atom stereocenters. The van der Waals surface area contributed by atoms with Gasteiger partial charge in [-0.15, -0.1) is 11.8 Å². The van der Waals surface area contributed by atoms with Crippen molar-refractivity contribution < 1.29 is 19.0 Å². The third kappa shape index (κ3) is 8.30. The monoisotopic (exact) mass is 548 g/mol. The van der Waals surface area contributed by atoms with Crippen molar-refractivity contribution in [2.75, 3.05) is 26.1 Å². The van der Waals surface area contributed by atoms with Gasteiger partial charge in [0.1, 0.15) is 11.5 Å². The van der Waals surface area contributed by atoms with Crippen molar-refractivity contribution in [3.05, 3.63) is 120 Å². The summed E-state index contributed by atoms with van der Waals surface area (Å²) in [5.41, 5.74) is 6.28. The summed E-state index contributed by atoms with van der Waals surface area (Å²) in [5.74, 6) is 8.55. The van der Waals surface area contributed by atoms with Gasteiger partial charge >= 0.3 is 5.97 Å². The predicted octanol–water partition coefficient (Wildman–Crippen LogP) is 7.84. The van der Waals surface area contributed by atoms with Crippen molar-refractivity contribution in [3.63, 3.8) is 0 Å². The Morgan fingerprint density at radius 1 is 0.900 bits per heavy atom. The quantitative estimate of drug-likeness (QED) is 0.115. The fraction of sp³-hybridized carbons (Fsp3) is 0.171. The molecule has 40 heavy (non-hydrogen) atoms. The average Bonchev–Trinajstić information content (AvgIpc) is 2.99. The van der Waals surface area contributed by atoms with Gasteiger partial charge in [-0.25, -0.2) is 4.79 Å². The number of aryl methyl sites for hydroxylation is 1. The average molecular weight is 549 g/mol. The van der Waals surface area contributed by atoms with Crippen molar-refractivity contribution in [1.29, 1.82) is 0 Å². The molecule has 5 heteroatoms. The molecule has 0 N–H and O–H groups in total. The molecule has 0 aliphatic rings. The fourth-order valence-corrected chi connectivity index (χ4v) is 4.83. The Morgan fingerprint density at radius 3 is 2.30 bits per heavy atom. The third-order valence-corrected chi connectivity index (χ3v) is 6.99. The summed E-state index contributed by atoms with van der Waals surface area (Å²) in [6.45, 7) is 4.00. The molecule has 0 aliphatic heterocycles. The number of carbonyl (C=O) groups is 1. The Balaban J connectivity index is 1.51. The van der Waals surface area contributed by atoms with Gasteiger partial charge in [-0.3, -0.25) is 0 Å². The minimum absolute atomic E-state index is 0.0941. The summed E-state index contributed by atoms with van der Waals surface area (Å²) >= 11 is 1.72. The SMILES string of the molecule is CCOC(=O)COc1ccc(SCC=C(C#Cc2ccc(OC)cc2)c2ccc(-c3ccccc3)cc2)cc1C. The first-order valence-electron chi connectivity index (χ1n) is 13.1. The number of thioether (sulfide) groups is 1. The van der Waals surface area contributed by atoms with Gasteiger partial charge in [-0.05, 0) is 78.6 Å². The van der Waals surface area contributed by atoms with Crippen LogP contribution in [0.2, 0.25) is 0 Å². The Kier molecular flexibility index (Phi) is 10.5. The lowest BCUT2D eigenvalue weighted by Crippen LogP contribution is -2.14. The van der Waals surface area contributed by atoms with Crippen LogP contribution in [0.25, 0.3) is 16.7 Å². The van der Waals surface area contributed by atoms with Crippen LogP contribution in [-0.2, 0) is 9.53 Å². The zero-order chi connectivity index (χ0) is 28.2. The lowest BCUT2D eigenvalue weighted by Gasteiger charge is -2.10. The van der Waals surface area contributed by atoms with Crippen LogP contribution in [0.4, 0.5) is 0 Å². The largest absolute Gasteiger partial charge is 0.497 e. The van der Waals surface area contributed by atoms with E-state index in [9.17, 15) is 4.79 Å². The zero-order valence-electron chi connectivity index (χ0n) is 23.0. The lowest BCUT2D eigenvalue weighted by molar-refractivity contribution is -0.145. The number of carbonyl (C=O) groups excluding carboxylic acids is 1. The van der Waals surface area contributed by atoms with Crippen LogP contribution in [0, 0.1) is 18.8 Å². The molecule has 0 saturated heterocycles. The molecule has 0 heterocycles. The van der Waals surface area contributed by atoms with E-state index in [1.165, 1.54) is 11.1 Å². The summed E-state index contributed by atoms with van der Waals surface area (Å²) < 4.78 is 15.8. The Bertz CT molecular complexity index is 1500. The number of ether oxygens (including phenoxy) is 3. The predicted molar refractivity (Wildman–Crippen MR) is 164 cm³/mol. The molecule has 0 amide bonds. The van der Waals surface area contributed by atoms with E-state index in [-0.39, 0.29) is 12.6 Å². The molecule has 202 valence electrons. The first-order chi connectivity index (χ1) is 19.6. The molecular formula is C35H32O4S. The van der Waals surface area contributed by atoms with Crippen molar-refractivity contribution >= 4 is 23.3 Å². The topological polar surface area (TPSA) is 44.8 Å². The third-order valence-electron chi connectivity index (χ3n) is 6.07. The van der Waals surface area contributed by atoms with E-state index in [0.717, 1.165) is 38.7 Å². The second kappa shape index (κ2) is 14.7. The highest BCUT2D eigenvalue weighted by Gasteiger charge is 2.07. The van der Waals surface area contributed by atoms with Gasteiger partial charge in [0.25, 0.3) is 0 Å². The van der Waals surface area contributed by atoms with Crippen molar-refractivity contribution in [1.82, 2.24) is 0 Å². The number of rotatable bonds is 10. The van der Waals surface area contributed by atoms with Gasteiger partial charge in [0, 0.05) is 21.8 Å². The fourth-order valence-electron chi connectivity index (χ4n) is 3.96. The number of methoxy groups -OCH3 is 1. The van der Waals surface area contributed by atoms with E-state index in [1.807, 2.05) is 61.5 Å². The first kappa shape index (κ1) is 28.6. The Morgan fingerprint density at radius 2 is 1.62 bits per heavy atom. The normalized spacial score (nSPS) is 10.8. The summed E-state index contributed by atoms with van der Waals surface area (Å²) in [5, 5.41) is 0. The molecule has 0 fully saturated rings. The highest BCUT2D eigenvalue weighted by Crippen LogP contribution is 2.27. The van der Waals surface area contributed by atoms with Crippen LogP contribution >= 0.6 is 11.8 Å². The maximum absolute atomic E-state index is 11.6. The van der Waals surface area contributed by atoms with Crippen LogP contribution in [0.1, 0.15) is 23.6 Å². The van der Waals surface area contributed by atoms with E-state index < -0.39 is 0 Å². The van der Waals surface area contributed by atoms with E-state index in [0.29, 0.717) is 12.4 Å². The molecule has 0 saturated carbocycles. The van der Waals surface area contributed by atoms with Crippen LogP contribution < -0.4 is 9.47 Å². The number of hydrogen-bond donors (Lipinski definition) is 0. The second-order valence-electron chi connectivity index (χ2n) is 8.87. The molecule has 0 bridgehead atoms. The van der Waals surface area contributed by atoms with Crippen LogP contribution in [0.5, 0.6) is 11.5 Å². The molecule has 0 unspecified atom stereocenters. The van der Waals surface area contributed by atoms with Gasteiger partial charge in [0.2, 0.25) is 0 Å². The van der Waals surface area contributed by atoms with Crippen LogP contribution in [0.3, 0.4) is 0 Å². The molecule has 4 aromatic rings. The molecule has 0 aliphatic carbocycles. The number of hydrogen-bond acceptors (Lipinski definition) is 5. The first-order valence-corrected chi connectivity index (χ1v) is 14.1. The van der Waals surface area contributed by atoms with Gasteiger partial charge in [-0.1, -0.05) is 72.5 Å². The summed E-state index contributed by atoms with van der Waals surface area (Å²) in [6, 6.07) is 32.6. The van der Waals surface area contributed by atoms with Gasteiger partial charge in [-0.2, -0.15) is 0 Å². The zero-order valence-corrected chi connectivity index (χ0v) is 23.8. The molecule has 0 radical (unpaired) electrons. The molecule has 0 spiro atoms. The number of benzene rings is 4. The van der Waals surface area contributed by atoms with E-state index in [4.69, 9.17) is 14.2 Å². The smallest absolute Gasteiger partial charge is 0.344 e. The summed E-state index contributed by atoms with van der Waals surface area (Å²) in [4.78, 5) is 12.7. The van der Waals surface area contributed by atoms with Crippen LogP contribution in [0.15, 0.2) is 108 Å². The minimum Gasteiger partial charge on any atom is -0.497 e. The molecule has 4 nitrogen and oxygen atoms in total. The molecule has 0 aromatic heterocycles. The Hall–Kier alpha value is -4.40. The second-order valence-corrected chi connectivity index (χ2v) is 9.97. The van der Waals surface area contributed by atoms with E-state index in [1.54, 1.807) is 25.8 Å². The van der Waals surface area contributed by atoms with E-state index >= 15 is 0 Å².